The Morgan fingerprint density at radius 1 is 0.477 bits per heavy atom. The van der Waals surface area contributed by atoms with E-state index in [0.29, 0.717) is 12.8 Å². The van der Waals surface area contributed by atoms with Crippen LogP contribution in [0.2, 0.25) is 0 Å². The fourth-order valence-electron chi connectivity index (χ4n) is 7.46. The standard InChI is InChI=1S/C43H83O19P3/c1-3-5-7-9-11-13-15-17-18-20-21-23-25-27-29-31-36(44)57-33-35(59-37(45)32-30-28-26-24-22-19-16-14-12-10-8-6-4-2)34-58-65(55,56)62-41-38(46)39(47)42(60-63(49,50)51)43(40(41)48)61-64(52,53)54/h17-18,35,38-43,46-48H,3-16,19-34H2,1-2H3,(H,55,56)(H2,49,50,51)(H2,52,53,54)/b18-17-/t35-,38?,39?,40?,41+,42?,43+/m1/s1. The first-order chi connectivity index (χ1) is 30.8. The molecular formula is C43H83O19P3. The number of aliphatic hydroxyl groups excluding tert-OH is 3. The molecule has 0 radical (unpaired) electrons. The van der Waals surface area contributed by atoms with Crippen molar-refractivity contribution in [1.29, 1.82) is 0 Å². The van der Waals surface area contributed by atoms with Crippen LogP contribution in [0.15, 0.2) is 12.2 Å². The molecule has 0 heterocycles. The van der Waals surface area contributed by atoms with E-state index in [1.54, 1.807) is 0 Å². The maximum Gasteiger partial charge on any atom is 0.472 e. The fourth-order valence-corrected chi connectivity index (χ4v) is 9.56. The molecule has 0 saturated heterocycles. The quantitative estimate of drug-likeness (QED) is 0.0123. The summed E-state index contributed by atoms with van der Waals surface area (Å²) in [7, 11) is -16.6. The Labute approximate surface area is 386 Å². The minimum atomic E-state index is -5.60. The molecule has 19 nitrogen and oxygen atoms in total. The number of allylic oxidation sites excluding steroid dienone is 2. The number of rotatable bonds is 41. The number of carbonyl (C=O) groups excluding carboxylic acids is 2. The highest BCUT2D eigenvalue weighted by atomic mass is 31.2. The molecule has 0 aromatic carbocycles. The van der Waals surface area contributed by atoms with Crippen molar-refractivity contribution in [3.8, 4) is 0 Å². The third kappa shape index (κ3) is 32.4. The number of carbonyl (C=O) groups is 2. The number of hydrogen-bond acceptors (Lipinski definition) is 14. The normalized spacial score (nSPS) is 21.9. The minimum absolute atomic E-state index is 0.00155. The van der Waals surface area contributed by atoms with Crippen LogP contribution < -0.4 is 0 Å². The number of aliphatic hydroxyl groups is 3. The first-order valence-corrected chi connectivity index (χ1v) is 28.5. The first kappa shape index (κ1) is 61.9. The highest BCUT2D eigenvalue weighted by Crippen LogP contribution is 2.51. The monoisotopic (exact) mass is 996 g/mol. The Morgan fingerprint density at radius 3 is 1.28 bits per heavy atom. The molecule has 65 heavy (non-hydrogen) atoms. The Balaban J connectivity index is 2.73. The van der Waals surface area contributed by atoms with Gasteiger partial charge in [-0.25, -0.2) is 13.7 Å². The number of unbranched alkanes of at least 4 members (excludes halogenated alkanes) is 23. The molecule has 1 aliphatic rings. The Kier molecular flexibility index (Phi) is 34.2. The molecule has 1 fully saturated rings. The van der Waals surface area contributed by atoms with Gasteiger partial charge in [0.15, 0.2) is 6.10 Å². The number of hydrogen-bond donors (Lipinski definition) is 8. The van der Waals surface area contributed by atoms with Crippen LogP contribution in [0.4, 0.5) is 0 Å². The van der Waals surface area contributed by atoms with Gasteiger partial charge in [-0.05, 0) is 38.5 Å². The molecule has 0 bridgehead atoms. The van der Waals surface area contributed by atoms with Crippen molar-refractivity contribution < 1.29 is 90.6 Å². The Morgan fingerprint density at radius 2 is 0.846 bits per heavy atom. The molecule has 8 N–H and O–H groups in total. The second-order valence-corrected chi connectivity index (χ2v) is 20.8. The fraction of sp³-hybridized carbons (Fsp3) is 0.907. The molecule has 1 rings (SSSR count). The number of phosphoric ester groups is 3. The molecule has 1 saturated carbocycles. The van der Waals surface area contributed by atoms with E-state index in [4.69, 9.17) is 18.5 Å². The summed E-state index contributed by atoms with van der Waals surface area (Å²) >= 11 is 0. The molecule has 384 valence electrons. The van der Waals surface area contributed by atoms with Gasteiger partial charge in [-0.15, -0.1) is 0 Å². The third-order valence-electron chi connectivity index (χ3n) is 11.1. The van der Waals surface area contributed by atoms with Crippen LogP contribution in [0.3, 0.4) is 0 Å². The summed E-state index contributed by atoms with van der Waals surface area (Å²) in [5.41, 5.74) is 0. The van der Waals surface area contributed by atoms with Crippen molar-refractivity contribution in [3.63, 3.8) is 0 Å². The van der Waals surface area contributed by atoms with Crippen LogP contribution in [-0.2, 0) is 50.9 Å². The zero-order chi connectivity index (χ0) is 48.6. The lowest BCUT2D eigenvalue weighted by Gasteiger charge is -2.44. The number of esters is 2. The van der Waals surface area contributed by atoms with E-state index < -0.39 is 91.3 Å². The van der Waals surface area contributed by atoms with E-state index in [1.807, 2.05) is 0 Å². The summed E-state index contributed by atoms with van der Waals surface area (Å²) in [6, 6.07) is 0. The summed E-state index contributed by atoms with van der Waals surface area (Å²) in [5.74, 6) is -1.30. The van der Waals surface area contributed by atoms with E-state index in [2.05, 4.69) is 35.0 Å². The van der Waals surface area contributed by atoms with Crippen LogP contribution in [0, 0.1) is 0 Å². The van der Waals surface area contributed by atoms with Crippen molar-refractivity contribution in [2.24, 2.45) is 0 Å². The predicted molar refractivity (Wildman–Crippen MR) is 243 cm³/mol. The average molecular weight is 997 g/mol. The van der Waals surface area contributed by atoms with E-state index in [0.717, 1.165) is 64.2 Å². The number of ether oxygens (including phenoxy) is 2. The Bertz CT molecular complexity index is 1420. The van der Waals surface area contributed by atoms with Crippen molar-refractivity contribution in [1.82, 2.24) is 0 Å². The maximum atomic E-state index is 13.1. The first-order valence-electron chi connectivity index (χ1n) is 24.0. The highest BCUT2D eigenvalue weighted by molar-refractivity contribution is 7.47. The van der Waals surface area contributed by atoms with Gasteiger partial charge in [0.25, 0.3) is 0 Å². The maximum absolute atomic E-state index is 13.1. The summed E-state index contributed by atoms with van der Waals surface area (Å²) in [6.45, 7) is 2.94. The largest absolute Gasteiger partial charge is 0.472 e. The van der Waals surface area contributed by atoms with Crippen molar-refractivity contribution in [3.05, 3.63) is 12.2 Å². The predicted octanol–water partition coefficient (Wildman–Crippen LogP) is 8.51. The molecule has 0 amide bonds. The Hall–Kier alpha value is -1.11. The molecule has 1 aliphatic carbocycles. The van der Waals surface area contributed by atoms with Gasteiger partial charge in [-0.2, -0.15) is 0 Å². The molecule has 8 atom stereocenters. The lowest BCUT2D eigenvalue weighted by atomic mass is 9.85. The van der Waals surface area contributed by atoms with Crippen LogP contribution in [0.25, 0.3) is 0 Å². The van der Waals surface area contributed by atoms with Gasteiger partial charge in [0.05, 0.1) is 6.61 Å². The molecule has 22 heteroatoms. The lowest BCUT2D eigenvalue weighted by molar-refractivity contribution is -0.213. The zero-order valence-electron chi connectivity index (χ0n) is 38.8. The zero-order valence-corrected chi connectivity index (χ0v) is 41.5. The van der Waals surface area contributed by atoms with Gasteiger partial charge in [0.2, 0.25) is 0 Å². The molecular weight excluding hydrogens is 913 g/mol. The van der Waals surface area contributed by atoms with Gasteiger partial charge < -0.3 is 49.3 Å². The molecule has 5 unspecified atom stereocenters. The summed E-state index contributed by atoms with van der Waals surface area (Å²) in [4.78, 5) is 73.1. The van der Waals surface area contributed by atoms with Crippen LogP contribution in [0.5, 0.6) is 0 Å². The van der Waals surface area contributed by atoms with Gasteiger partial charge >= 0.3 is 35.4 Å². The molecule has 0 aliphatic heterocycles. The topological polar surface area (TPSA) is 303 Å². The van der Waals surface area contributed by atoms with E-state index in [9.17, 15) is 63.1 Å². The average Bonchev–Trinajstić information content (AvgIpc) is 3.23. The lowest BCUT2D eigenvalue weighted by Crippen LogP contribution is -2.65. The van der Waals surface area contributed by atoms with E-state index in [-0.39, 0.29) is 12.8 Å². The molecule has 0 aromatic rings. The van der Waals surface area contributed by atoms with Crippen molar-refractivity contribution in [2.45, 2.75) is 236 Å². The molecule has 0 aromatic heterocycles. The summed E-state index contributed by atoms with van der Waals surface area (Å²) in [6.07, 6.45) is 16.6. The summed E-state index contributed by atoms with van der Waals surface area (Å²) < 4.78 is 65.4. The van der Waals surface area contributed by atoms with Crippen LogP contribution >= 0.6 is 23.5 Å². The number of phosphoric acid groups is 3. The van der Waals surface area contributed by atoms with E-state index in [1.165, 1.54) is 89.9 Å². The van der Waals surface area contributed by atoms with Gasteiger partial charge in [-0.1, -0.05) is 154 Å². The molecule has 0 spiro atoms. The van der Waals surface area contributed by atoms with Crippen LogP contribution in [0.1, 0.15) is 194 Å². The van der Waals surface area contributed by atoms with Crippen molar-refractivity contribution >= 4 is 35.4 Å². The smallest absolute Gasteiger partial charge is 0.462 e. The minimum Gasteiger partial charge on any atom is -0.462 e. The van der Waals surface area contributed by atoms with Crippen LogP contribution in [-0.4, -0.2) is 108 Å². The van der Waals surface area contributed by atoms with Crippen molar-refractivity contribution in [2.75, 3.05) is 13.2 Å². The second kappa shape index (κ2) is 35.9. The van der Waals surface area contributed by atoms with Gasteiger partial charge in [0, 0.05) is 12.8 Å². The summed E-state index contributed by atoms with van der Waals surface area (Å²) in [5, 5.41) is 31.8. The van der Waals surface area contributed by atoms with Gasteiger partial charge in [-0.3, -0.25) is 27.7 Å². The second-order valence-electron chi connectivity index (χ2n) is 17.0. The highest BCUT2D eigenvalue weighted by Gasteiger charge is 2.56. The SMILES string of the molecule is CCCCCCCC/C=C\CCCCCCCC(=O)OC[C@H](COP(=O)(O)O[C@H]1C(O)C(O)C(OP(=O)(O)O)[C@@H](OP(=O)(O)O)C1O)OC(=O)CCCCCCCCCCCCCCC. The van der Waals surface area contributed by atoms with E-state index >= 15 is 0 Å². The third-order valence-corrected chi connectivity index (χ3v) is 13.1. The van der Waals surface area contributed by atoms with Gasteiger partial charge in [0.1, 0.15) is 43.2 Å².